The minimum absolute atomic E-state index is 0.0761. The van der Waals surface area contributed by atoms with Crippen LogP contribution in [0.1, 0.15) is 25.8 Å². The van der Waals surface area contributed by atoms with Gasteiger partial charge in [0.05, 0.1) is 13.2 Å². The normalized spacial score (nSPS) is 11.3. The summed E-state index contributed by atoms with van der Waals surface area (Å²) < 4.78 is 49.5. The number of alkyl halides is 3. The fourth-order valence-electron chi connectivity index (χ4n) is 2.06. The van der Waals surface area contributed by atoms with Crippen LogP contribution in [0.15, 0.2) is 30.5 Å². The second-order valence-corrected chi connectivity index (χ2v) is 5.22. The monoisotopic (exact) mass is 355 g/mol. The van der Waals surface area contributed by atoms with Crippen LogP contribution >= 0.6 is 0 Å². The number of hydrogen-bond acceptors (Lipinski definition) is 5. The molecule has 1 aromatic carbocycles. The van der Waals surface area contributed by atoms with Crippen molar-refractivity contribution in [3.8, 4) is 11.6 Å². The van der Waals surface area contributed by atoms with Crippen LogP contribution in [0.3, 0.4) is 0 Å². The molecule has 0 aliphatic rings. The Bertz CT molecular complexity index is 691. The molecule has 136 valence electrons. The van der Waals surface area contributed by atoms with Crippen molar-refractivity contribution in [2.75, 3.05) is 25.2 Å². The molecule has 0 bridgehead atoms. The van der Waals surface area contributed by atoms with Gasteiger partial charge in [0.1, 0.15) is 11.3 Å². The molecule has 0 unspecified atom stereocenters. The molecule has 0 aliphatic heterocycles. The van der Waals surface area contributed by atoms with Gasteiger partial charge < -0.3 is 14.4 Å². The van der Waals surface area contributed by atoms with Gasteiger partial charge in [0.15, 0.2) is 0 Å². The summed E-state index contributed by atoms with van der Waals surface area (Å²) in [6.45, 7) is 4.31. The molecule has 2 rings (SSSR count). The predicted molar refractivity (Wildman–Crippen MR) is 88.5 cm³/mol. The third-order valence-electron chi connectivity index (χ3n) is 3.32. The largest absolute Gasteiger partial charge is 0.494 e. The molecule has 0 amide bonds. The highest BCUT2D eigenvalue weighted by molar-refractivity contribution is 5.58. The molecule has 5 nitrogen and oxygen atoms in total. The Hall–Kier alpha value is -2.51. The molecule has 2 aromatic rings. The molecule has 8 heteroatoms. The lowest BCUT2D eigenvalue weighted by Crippen LogP contribution is -2.17. The van der Waals surface area contributed by atoms with Gasteiger partial charge in [0.25, 0.3) is 0 Å². The van der Waals surface area contributed by atoms with E-state index in [1.165, 1.54) is 0 Å². The van der Waals surface area contributed by atoms with Gasteiger partial charge in [-0.2, -0.15) is 18.2 Å². The Morgan fingerprint density at radius 2 is 1.76 bits per heavy atom. The second-order valence-electron chi connectivity index (χ2n) is 5.22. The Balaban J connectivity index is 2.26. The maximum atomic E-state index is 13.0. The van der Waals surface area contributed by atoms with Crippen molar-refractivity contribution in [1.29, 1.82) is 0 Å². The fraction of sp³-hybridized carbons (Fsp3) is 0.412. The van der Waals surface area contributed by atoms with E-state index in [-0.39, 0.29) is 12.6 Å². The van der Waals surface area contributed by atoms with Crippen molar-refractivity contribution >= 4 is 11.6 Å². The van der Waals surface area contributed by atoms with Crippen LogP contribution in [0.5, 0.6) is 11.6 Å². The van der Waals surface area contributed by atoms with Crippen molar-refractivity contribution in [3.63, 3.8) is 0 Å². The number of nitrogens with zero attached hydrogens (tertiary/aromatic N) is 3. The van der Waals surface area contributed by atoms with Crippen molar-refractivity contribution in [2.24, 2.45) is 0 Å². The lowest BCUT2D eigenvalue weighted by Gasteiger charge is -2.19. The van der Waals surface area contributed by atoms with Gasteiger partial charge in [-0.3, -0.25) is 0 Å². The Morgan fingerprint density at radius 1 is 1.08 bits per heavy atom. The molecule has 0 fully saturated rings. The van der Waals surface area contributed by atoms with E-state index in [4.69, 9.17) is 9.47 Å². The topological polar surface area (TPSA) is 47.5 Å². The van der Waals surface area contributed by atoms with E-state index in [1.807, 2.05) is 6.92 Å². The highest BCUT2D eigenvalue weighted by Crippen LogP contribution is 2.36. The lowest BCUT2D eigenvalue weighted by molar-refractivity contribution is -0.139. The van der Waals surface area contributed by atoms with E-state index in [1.54, 1.807) is 43.1 Å². The quantitative estimate of drug-likeness (QED) is 0.734. The van der Waals surface area contributed by atoms with Crippen molar-refractivity contribution in [1.82, 2.24) is 9.97 Å². The van der Waals surface area contributed by atoms with Gasteiger partial charge in [0.2, 0.25) is 11.8 Å². The highest BCUT2D eigenvalue weighted by Gasteiger charge is 2.36. The summed E-state index contributed by atoms with van der Waals surface area (Å²) in [6, 6.07) is 7.14. The summed E-state index contributed by atoms with van der Waals surface area (Å²) in [5.41, 5.74) is -0.277. The third-order valence-corrected chi connectivity index (χ3v) is 3.32. The molecule has 0 saturated heterocycles. The Labute approximate surface area is 144 Å². The average Bonchev–Trinajstić information content (AvgIpc) is 2.59. The smallest absolute Gasteiger partial charge is 0.423 e. The van der Waals surface area contributed by atoms with E-state index >= 15 is 0 Å². The van der Waals surface area contributed by atoms with Gasteiger partial charge >= 0.3 is 6.18 Å². The SMILES string of the molecule is CCCOc1ccc(N(C)c2ncc(C(F)(F)F)c(OCC)n2)cc1. The maximum absolute atomic E-state index is 13.0. The van der Waals surface area contributed by atoms with Gasteiger partial charge in [-0.1, -0.05) is 6.92 Å². The lowest BCUT2D eigenvalue weighted by atomic mass is 10.3. The summed E-state index contributed by atoms with van der Waals surface area (Å²) in [4.78, 5) is 9.31. The van der Waals surface area contributed by atoms with E-state index < -0.39 is 17.6 Å². The van der Waals surface area contributed by atoms with E-state index in [9.17, 15) is 13.2 Å². The number of ether oxygens (including phenoxy) is 2. The first kappa shape index (κ1) is 18.8. The van der Waals surface area contributed by atoms with Crippen molar-refractivity contribution in [3.05, 3.63) is 36.0 Å². The molecule has 0 atom stereocenters. The van der Waals surface area contributed by atoms with Crippen LogP contribution < -0.4 is 14.4 Å². The second kappa shape index (κ2) is 8.04. The zero-order valence-corrected chi connectivity index (χ0v) is 14.3. The molecule has 0 radical (unpaired) electrons. The van der Waals surface area contributed by atoms with Crippen LogP contribution in [0.4, 0.5) is 24.8 Å². The number of halogens is 3. The van der Waals surface area contributed by atoms with E-state index in [0.29, 0.717) is 12.3 Å². The molecule has 0 spiro atoms. The first-order valence-electron chi connectivity index (χ1n) is 7.90. The zero-order chi connectivity index (χ0) is 18.4. The number of aromatic nitrogens is 2. The first-order chi connectivity index (χ1) is 11.9. The maximum Gasteiger partial charge on any atom is 0.423 e. The van der Waals surface area contributed by atoms with E-state index in [0.717, 1.165) is 18.4 Å². The van der Waals surface area contributed by atoms with Gasteiger partial charge in [-0.05, 0) is 37.6 Å². The van der Waals surface area contributed by atoms with Crippen LogP contribution in [0.2, 0.25) is 0 Å². The number of rotatable bonds is 7. The zero-order valence-electron chi connectivity index (χ0n) is 14.3. The summed E-state index contributed by atoms with van der Waals surface area (Å²) in [5, 5.41) is 0. The highest BCUT2D eigenvalue weighted by atomic mass is 19.4. The van der Waals surface area contributed by atoms with Crippen molar-refractivity contribution in [2.45, 2.75) is 26.4 Å². The third kappa shape index (κ3) is 4.74. The molecular formula is C17H20F3N3O2. The van der Waals surface area contributed by atoms with E-state index in [2.05, 4.69) is 9.97 Å². The van der Waals surface area contributed by atoms with Gasteiger partial charge in [-0.15, -0.1) is 0 Å². The Morgan fingerprint density at radius 3 is 2.32 bits per heavy atom. The van der Waals surface area contributed by atoms with Crippen LogP contribution in [0.25, 0.3) is 0 Å². The summed E-state index contributed by atoms with van der Waals surface area (Å²) in [6.07, 6.45) is -2.93. The van der Waals surface area contributed by atoms with Crippen LogP contribution in [-0.2, 0) is 6.18 Å². The Kier molecular flexibility index (Phi) is 6.06. The predicted octanol–water partition coefficient (Wildman–Crippen LogP) is 4.45. The standard InChI is InChI=1S/C17H20F3N3O2/c1-4-10-25-13-8-6-12(7-9-13)23(3)16-21-11-14(17(18,19)20)15(22-16)24-5-2/h6-9,11H,4-5,10H2,1-3H3. The molecule has 1 aromatic heterocycles. The summed E-state index contributed by atoms with van der Waals surface area (Å²) in [7, 11) is 1.67. The minimum Gasteiger partial charge on any atom is -0.494 e. The first-order valence-corrected chi connectivity index (χ1v) is 7.90. The fourth-order valence-corrected chi connectivity index (χ4v) is 2.06. The molecular weight excluding hydrogens is 335 g/mol. The van der Waals surface area contributed by atoms with Gasteiger partial charge in [-0.25, -0.2) is 4.98 Å². The van der Waals surface area contributed by atoms with Crippen LogP contribution in [-0.4, -0.2) is 30.2 Å². The van der Waals surface area contributed by atoms with Crippen molar-refractivity contribution < 1.29 is 22.6 Å². The number of anilines is 2. The molecule has 0 N–H and O–H groups in total. The molecule has 25 heavy (non-hydrogen) atoms. The summed E-state index contributed by atoms with van der Waals surface area (Å²) in [5.74, 6) is 0.357. The number of hydrogen-bond donors (Lipinski definition) is 0. The molecule has 0 saturated carbocycles. The van der Waals surface area contributed by atoms with Crippen LogP contribution in [0, 0.1) is 0 Å². The average molecular weight is 355 g/mol. The minimum atomic E-state index is -4.57. The summed E-state index contributed by atoms with van der Waals surface area (Å²) >= 11 is 0. The molecule has 1 heterocycles. The van der Waals surface area contributed by atoms with Gasteiger partial charge in [0, 0.05) is 18.9 Å². The molecule has 0 aliphatic carbocycles. The number of benzene rings is 1.